The van der Waals surface area contributed by atoms with E-state index in [9.17, 15) is 4.79 Å². The maximum Gasteiger partial charge on any atom is 0.234 e. The molecule has 8 heteroatoms. The Kier molecular flexibility index (Phi) is 8.03. The van der Waals surface area contributed by atoms with Crippen LogP contribution in [0.1, 0.15) is 12.7 Å². The van der Waals surface area contributed by atoms with Crippen molar-refractivity contribution >= 4 is 35.1 Å². The molecule has 2 rings (SSSR count). The molecule has 1 N–H and O–H groups in total. The molecule has 2 aromatic rings. The summed E-state index contributed by atoms with van der Waals surface area (Å²) in [6.07, 6.45) is 1.77. The molecule has 1 amide bonds. The summed E-state index contributed by atoms with van der Waals surface area (Å²) in [5.74, 6) is 1.85. The van der Waals surface area contributed by atoms with Crippen LogP contribution < -0.4 is 5.32 Å². The van der Waals surface area contributed by atoms with E-state index in [-0.39, 0.29) is 11.7 Å². The topological polar surface area (TPSA) is 69.0 Å². The summed E-state index contributed by atoms with van der Waals surface area (Å²) in [5.41, 5.74) is 0.840. The van der Waals surface area contributed by atoms with Crippen LogP contribution in [0.5, 0.6) is 0 Å². The molecule has 134 valence electrons. The van der Waals surface area contributed by atoms with E-state index in [1.54, 1.807) is 24.9 Å². The van der Waals surface area contributed by atoms with Crippen molar-refractivity contribution in [1.29, 1.82) is 0 Å². The van der Waals surface area contributed by atoms with Crippen molar-refractivity contribution in [2.45, 2.75) is 30.1 Å². The highest BCUT2D eigenvalue weighted by atomic mass is 32.2. The van der Waals surface area contributed by atoms with E-state index in [1.807, 2.05) is 28.8 Å². The predicted molar refractivity (Wildman–Crippen MR) is 103 cm³/mol. The van der Waals surface area contributed by atoms with Crippen LogP contribution in [0.4, 0.5) is 5.69 Å². The lowest BCUT2D eigenvalue weighted by molar-refractivity contribution is -0.113. The van der Waals surface area contributed by atoms with Gasteiger partial charge in [-0.1, -0.05) is 36.9 Å². The van der Waals surface area contributed by atoms with E-state index < -0.39 is 0 Å². The standard InChI is InChI=1S/C17H22N4O2S2/c1-4-10-21-15(11-23-3)19-20-17(21)25-12-16(22)18-13-8-6-7-9-14(13)24-5-2/h4,6-9H,1,5,10-12H2,2-3H3,(H,18,22). The maximum atomic E-state index is 12.3. The number of ether oxygens (including phenoxy) is 1. The number of methoxy groups -OCH3 is 1. The second kappa shape index (κ2) is 10.3. The van der Waals surface area contributed by atoms with Crippen molar-refractivity contribution < 1.29 is 9.53 Å². The first kappa shape index (κ1) is 19.6. The average Bonchev–Trinajstić information content (AvgIpc) is 2.98. The maximum absolute atomic E-state index is 12.3. The van der Waals surface area contributed by atoms with E-state index in [1.165, 1.54) is 11.8 Å². The number of carbonyl (C=O) groups excluding carboxylic acids is 1. The molecule has 0 fully saturated rings. The number of allylic oxidation sites excluding steroid dienone is 1. The van der Waals surface area contributed by atoms with Gasteiger partial charge in [-0.25, -0.2) is 0 Å². The van der Waals surface area contributed by atoms with Gasteiger partial charge < -0.3 is 14.6 Å². The van der Waals surface area contributed by atoms with Gasteiger partial charge in [-0.15, -0.1) is 28.5 Å². The van der Waals surface area contributed by atoms with Crippen LogP contribution in [0.25, 0.3) is 0 Å². The number of aromatic nitrogens is 3. The fourth-order valence-corrected chi connectivity index (χ4v) is 3.67. The van der Waals surface area contributed by atoms with Gasteiger partial charge in [0.2, 0.25) is 5.91 Å². The normalized spacial score (nSPS) is 10.6. The Morgan fingerprint density at radius 1 is 1.36 bits per heavy atom. The SMILES string of the molecule is C=CCn1c(COC)nnc1SCC(=O)Nc1ccccc1SCC. The van der Waals surface area contributed by atoms with Crippen LogP contribution in [0, 0.1) is 0 Å². The molecule has 0 aliphatic heterocycles. The zero-order valence-corrected chi connectivity index (χ0v) is 16.0. The molecule has 1 aromatic heterocycles. The Morgan fingerprint density at radius 2 is 2.16 bits per heavy atom. The van der Waals surface area contributed by atoms with E-state index in [0.717, 1.165) is 22.2 Å². The monoisotopic (exact) mass is 378 g/mol. The van der Waals surface area contributed by atoms with Gasteiger partial charge in [-0.3, -0.25) is 4.79 Å². The summed E-state index contributed by atoms with van der Waals surface area (Å²) in [4.78, 5) is 13.4. The molecule has 1 aromatic carbocycles. The third-order valence-corrected chi connectivity index (χ3v) is 5.09. The lowest BCUT2D eigenvalue weighted by Crippen LogP contribution is -2.15. The fraction of sp³-hybridized carbons (Fsp3) is 0.353. The minimum atomic E-state index is -0.0735. The summed E-state index contributed by atoms with van der Waals surface area (Å²) in [6, 6.07) is 7.81. The number of para-hydroxylation sites is 1. The molecule has 6 nitrogen and oxygen atoms in total. The smallest absolute Gasteiger partial charge is 0.234 e. The number of anilines is 1. The number of hydrogen-bond donors (Lipinski definition) is 1. The highest BCUT2D eigenvalue weighted by molar-refractivity contribution is 8.00. The van der Waals surface area contributed by atoms with Gasteiger partial charge in [0, 0.05) is 18.6 Å². The molecule has 0 saturated carbocycles. The summed E-state index contributed by atoms with van der Waals surface area (Å²) in [6.45, 7) is 6.78. The van der Waals surface area contributed by atoms with Crippen molar-refractivity contribution in [3.8, 4) is 0 Å². The fourth-order valence-electron chi connectivity index (χ4n) is 2.14. The minimum absolute atomic E-state index is 0.0735. The van der Waals surface area contributed by atoms with Crippen LogP contribution >= 0.6 is 23.5 Å². The van der Waals surface area contributed by atoms with Gasteiger partial charge in [-0.2, -0.15) is 0 Å². The zero-order valence-electron chi connectivity index (χ0n) is 14.4. The number of carbonyl (C=O) groups is 1. The molecular formula is C17H22N4O2S2. The molecule has 0 bridgehead atoms. The van der Waals surface area contributed by atoms with E-state index in [4.69, 9.17) is 4.74 Å². The highest BCUT2D eigenvalue weighted by Crippen LogP contribution is 2.27. The number of benzene rings is 1. The molecule has 0 radical (unpaired) electrons. The number of nitrogens with one attached hydrogen (secondary N) is 1. The Hall–Kier alpha value is -1.77. The molecule has 25 heavy (non-hydrogen) atoms. The number of nitrogens with zero attached hydrogens (tertiary/aromatic N) is 3. The van der Waals surface area contributed by atoms with Gasteiger partial charge in [0.1, 0.15) is 6.61 Å². The highest BCUT2D eigenvalue weighted by Gasteiger charge is 2.14. The number of amides is 1. The van der Waals surface area contributed by atoms with Gasteiger partial charge >= 0.3 is 0 Å². The largest absolute Gasteiger partial charge is 0.377 e. The molecule has 0 spiro atoms. The van der Waals surface area contributed by atoms with Gasteiger partial charge in [0.05, 0.1) is 11.4 Å². The third-order valence-electron chi connectivity index (χ3n) is 3.17. The Morgan fingerprint density at radius 3 is 2.88 bits per heavy atom. The third kappa shape index (κ3) is 5.62. The average molecular weight is 379 g/mol. The van der Waals surface area contributed by atoms with Crippen molar-refractivity contribution in [3.05, 3.63) is 42.7 Å². The van der Waals surface area contributed by atoms with Crippen molar-refractivity contribution in [3.63, 3.8) is 0 Å². The number of thioether (sulfide) groups is 2. The van der Waals surface area contributed by atoms with E-state index in [2.05, 4.69) is 29.0 Å². The number of hydrogen-bond acceptors (Lipinski definition) is 6. The summed E-state index contributed by atoms with van der Waals surface area (Å²) < 4.78 is 7.02. The lowest BCUT2D eigenvalue weighted by atomic mass is 10.3. The summed E-state index contributed by atoms with van der Waals surface area (Å²) in [7, 11) is 1.61. The first-order valence-corrected chi connectivity index (χ1v) is 9.83. The molecule has 1 heterocycles. The second-order valence-corrected chi connectivity index (χ2v) is 7.25. The van der Waals surface area contributed by atoms with Crippen LogP contribution in [0.15, 0.2) is 47.0 Å². The van der Waals surface area contributed by atoms with Crippen molar-refractivity contribution in [2.24, 2.45) is 0 Å². The second-order valence-electron chi connectivity index (χ2n) is 5.00. The quantitative estimate of drug-likeness (QED) is 0.504. The van der Waals surface area contributed by atoms with E-state index in [0.29, 0.717) is 18.3 Å². The number of rotatable bonds is 10. The van der Waals surface area contributed by atoms with Crippen molar-refractivity contribution in [1.82, 2.24) is 14.8 Å². The minimum Gasteiger partial charge on any atom is -0.377 e. The van der Waals surface area contributed by atoms with Crippen molar-refractivity contribution in [2.75, 3.05) is 23.9 Å². The van der Waals surface area contributed by atoms with Gasteiger partial charge in [0.15, 0.2) is 11.0 Å². The van der Waals surface area contributed by atoms with Gasteiger partial charge in [-0.05, 0) is 17.9 Å². The van der Waals surface area contributed by atoms with Gasteiger partial charge in [0.25, 0.3) is 0 Å². The summed E-state index contributed by atoms with van der Waals surface area (Å²) >= 11 is 3.05. The van der Waals surface area contributed by atoms with E-state index >= 15 is 0 Å². The zero-order chi connectivity index (χ0) is 18.1. The Bertz CT molecular complexity index is 718. The summed E-state index contributed by atoms with van der Waals surface area (Å²) in [5, 5.41) is 11.9. The van der Waals surface area contributed by atoms with Crippen LogP contribution in [0.3, 0.4) is 0 Å². The molecule has 0 unspecified atom stereocenters. The van der Waals surface area contributed by atoms with Crippen LogP contribution in [-0.2, 0) is 22.7 Å². The Labute approximate surface area is 156 Å². The molecule has 0 atom stereocenters. The molecule has 0 aliphatic carbocycles. The molecule has 0 saturated heterocycles. The lowest BCUT2D eigenvalue weighted by Gasteiger charge is -2.10. The predicted octanol–water partition coefficient (Wildman–Crippen LogP) is 3.45. The van der Waals surface area contributed by atoms with Crippen LogP contribution in [-0.4, -0.2) is 39.3 Å². The molecule has 0 aliphatic rings. The first-order chi connectivity index (χ1) is 12.2. The van der Waals surface area contributed by atoms with Crippen LogP contribution in [0.2, 0.25) is 0 Å². The molecular weight excluding hydrogens is 356 g/mol. The first-order valence-electron chi connectivity index (χ1n) is 7.86. The Balaban J connectivity index is 1.99.